The highest BCUT2D eigenvalue weighted by atomic mass is 16.8. The summed E-state index contributed by atoms with van der Waals surface area (Å²) >= 11 is 0. The van der Waals surface area contributed by atoms with Gasteiger partial charge in [0.2, 0.25) is 0 Å². The Balaban J connectivity index is 1.65. The molecule has 0 aliphatic carbocycles. The van der Waals surface area contributed by atoms with Gasteiger partial charge < -0.3 is 39.0 Å². The van der Waals surface area contributed by atoms with E-state index in [4.69, 9.17) is 23.7 Å². The first-order valence-electron chi connectivity index (χ1n) is 14.6. The number of aliphatic hydroxyl groups excluding tert-OH is 1. The molecular weight excluding hydrogens is 532 g/mol. The predicted octanol–water partition coefficient (Wildman–Crippen LogP) is 4.00. The van der Waals surface area contributed by atoms with Crippen LogP contribution in [0.5, 0.6) is 5.75 Å². The number of benzene rings is 1. The third-order valence-electron chi connectivity index (χ3n) is 9.41. The minimum atomic E-state index is -1.87. The second kappa shape index (κ2) is 12.2. The molecule has 1 aromatic rings. The van der Waals surface area contributed by atoms with E-state index in [1.165, 1.54) is 0 Å². The Bertz CT molecular complexity index is 1090. The predicted molar refractivity (Wildman–Crippen MR) is 147 cm³/mol. The smallest absolute Gasteiger partial charge is 0.311 e. The van der Waals surface area contributed by atoms with Gasteiger partial charge in [0.15, 0.2) is 11.6 Å². The lowest BCUT2D eigenvalue weighted by Crippen LogP contribution is -2.68. The largest absolute Gasteiger partial charge is 0.508 e. The Labute approximate surface area is 242 Å². The van der Waals surface area contributed by atoms with Crippen LogP contribution in [0.15, 0.2) is 24.3 Å². The Morgan fingerprint density at radius 3 is 2.49 bits per heavy atom. The summed E-state index contributed by atoms with van der Waals surface area (Å²) in [5.74, 6) is -5.07. The summed E-state index contributed by atoms with van der Waals surface area (Å²) in [5.41, 5.74) is 0.274. The minimum absolute atomic E-state index is 0.0340. The normalized spacial score (nSPS) is 37.1. The molecule has 0 aromatic heterocycles. The van der Waals surface area contributed by atoms with E-state index in [9.17, 15) is 24.9 Å². The number of aromatic hydroxyl groups is 1. The zero-order valence-electron chi connectivity index (χ0n) is 25.0. The molecule has 1 spiro atoms. The lowest BCUT2D eigenvalue weighted by Gasteiger charge is -2.61. The Morgan fingerprint density at radius 1 is 1.10 bits per heavy atom. The monoisotopic (exact) mass is 578 g/mol. The molecule has 1 unspecified atom stereocenters. The molecule has 0 saturated carbocycles. The third kappa shape index (κ3) is 6.57. The van der Waals surface area contributed by atoms with Crippen molar-refractivity contribution < 1.29 is 48.6 Å². The fourth-order valence-electron chi connectivity index (χ4n) is 6.84. The molecule has 4 rings (SSSR count). The molecule has 10 nitrogen and oxygen atoms in total. The first-order valence-corrected chi connectivity index (χ1v) is 14.6. The lowest BCUT2D eigenvalue weighted by molar-refractivity contribution is -0.451. The summed E-state index contributed by atoms with van der Waals surface area (Å²) < 4.78 is 30.4. The van der Waals surface area contributed by atoms with Crippen LogP contribution in [0.25, 0.3) is 0 Å². The first kappa shape index (κ1) is 31.7. The first-order chi connectivity index (χ1) is 19.2. The molecule has 0 amide bonds. The van der Waals surface area contributed by atoms with Crippen LogP contribution >= 0.6 is 0 Å². The number of phenols is 1. The number of rotatable bonds is 7. The average molecular weight is 579 g/mol. The van der Waals surface area contributed by atoms with Crippen molar-refractivity contribution >= 4 is 11.9 Å². The summed E-state index contributed by atoms with van der Waals surface area (Å²) in [7, 11) is 1.64. The molecule has 3 aliphatic rings. The standard InChI is InChI=1S/C31H46O10/c1-18(10-11-24(37-6)21-8-7-9-22(33)12-21)28-20(3)25-15-31(40-28)29(4,5)14-19(2)30(36,41-31)16-27(35)38-23(17-32)13-26(34)39-25/h7-9,12,18-20,23-25,28,32-33,36H,10-11,13-17H2,1-6H3/t18-,19+,20-,23+,24-,25-,28?,30-,31-/m0/s1. The maximum Gasteiger partial charge on any atom is 0.311 e. The maximum atomic E-state index is 13.0. The number of fused-ring (bicyclic) bond motifs is 2. The molecule has 230 valence electrons. The van der Waals surface area contributed by atoms with Gasteiger partial charge in [-0.25, -0.2) is 0 Å². The van der Waals surface area contributed by atoms with Crippen molar-refractivity contribution in [2.75, 3.05) is 13.7 Å². The average Bonchev–Trinajstić information content (AvgIpc) is 2.88. The van der Waals surface area contributed by atoms with Gasteiger partial charge in [-0.15, -0.1) is 0 Å². The van der Waals surface area contributed by atoms with Crippen LogP contribution in [0.1, 0.15) is 84.8 Å². The number of hydrogen-bond acceptors (Lipinski definition) is 10. The van der Waals surface area contributed by atoms with Crippen molar-refractivity contribution in [3.8, 4) is 5.75 Å². The van der Waals surface area contributed by atoms with Gasteiger partial charge in [-0.05, 0) is 42.9 Å². The molecule has 3 N–H and O–H groups in total. The van der Waals surface area contributed by atoms with E-state index >= 15 is 0 Å². The molecule has 3 heterocycles. The SMILES string of the molecule is CO[C@@H](CC[C@H](C)C1O[C@@]23C[C@H](OC(=O)C[C@H](CO)OC(=O)C[C@](O)(O2)[C@H](C)CC3(C)C)[C@@H]1C)c1cccc(O)c1. The number of esters is 2. The summed E-state index contributed by atoms with van der Waals surface area (Å²) in [5, 5.41) is 31.4. The second-order valence-electron chi connectivity index (χ2n) is 12.9. The van der Waals surface area contributed by atoms with Gasteiger partial charge >= 0.3 is 11.9 Å². The van der Waals surface area contributed by atoms with E-state index in [-0.39, 0.29) is 36.5 Å². The van der Waals surface area contributed by atoms with E-state index in [1.54, 1.807) is 25.3 Å². The van der Waals surface area contributed by atoms with Gasteiger partial charge in [0, 0.05) is 30.8 Å². The molecule has 3 fully saturated rings. The Morgan fingerprint density at radius 2 is 1.83 bits per heavy atom. The summed E-state index contributed by atoms with van der Waals surface area (Å²) in [4.78, 5) is 25.8. The number of cyclic esters (lactones) is 1. The molecule has 1 aromatic carbocycles. The van der Waals surface area contributed by atoms with Crippen LogP contribution in [-0.2, 0) is 33.3 Å². The molecular formula is C31H46O10. The Kier molecular flexibility index (Phi) is 9.40. The van der Waals surface area contributed by atoms with Crippen LogP contribution in [0.2, 0.25) is 0 Å². The van der Waals surface area contributed by atoms with Crippen molar-refractivity contribution in [1.82, 2.24) is 0 Å². The fourth-order valence-corrected chi connectivity index (χ4v) is 6.84. The zero-order valence-corrected chi connectivity index (χ0v) is 25.0. The zero-order chi connectivity index (χ0) is 30.2. The maximum absolute atomic E-state index is 13.0. The second-order valence-corrected chi connectivity index (χ2v) is 12.9. The van der Waals surface area contributed by atoms with Crippen molar-refractivity contribution in [3.63, 3.8) is 0 Å². The highest BCUT2D eigenvalue weighted by Crippen LogP contribution is 2.57. The van der Waals surface area contributed by atoms with Gasteiger partial charge in [0.1, 0.15) is 18.0 Å². The number of aliphatic hydroxyl groups is 2. The molecule has 3 saturated heterocycles. The van der Waals surface area contributed by atoms with E-state index < -0.39 is 66.2 Å². The number of methoxy groups -OCH3 is 1. The van der Waals surface area contributed by atoms with Crippen molar-refractivity contribution in [3.05, 3.63) is 29.8 Å². The quantitative estimate of drug-likeness (QED) is 0.407. The van der Waals surface area contributed by atoms with Crippen molar-refractivity contribution in [2.24, 2.45) is 23.2 Å². The molecule has 9 atom stereocenters. The number of carbonyl (C=O) groups is 2. The van der Waals surface area contributed by atoms with Crippen LogP contribution in [0, 0.1) is 23.2 Å². The molecule has 10 heteroatoms. The summed E-state index contributed by atoms with van der Waals surface area (Å²) in [6.45, 7) is 9.35. The molecule has 3 aliphatic heterocycles. The Hall–Kier alpha value is -2.24. The lowest BCUT2D eigenvalue weighted by atomic mass is 9.66. The van der Waals surface area contributed by atoms with Crippen LogP contribution in [0.3, 0.4) is 0 Å². The highest BCUT2D eigenvalue weighted by Gasteiger charge is 2.64. The fraction of sp³-hybridized carbons (Fsp3) is 0.742. The molecule has 41 heavy (non-hydrogen) atoms. The van der Waals surface area contributed by atoms with Crippen molar-refractivity contribution in [2.45, 2.75) is 109 Å². The van der Waals surface area contributed by atoms with E-state index in [0.717, 1.165) is 5.56 Å². The van der Waals surface area contributed by atoms with Gasteiger partial charge in [-0.3, -0.25) is 9.59 Å². The summed E-state index contributed by atoms with van der Waals surface area (Å²) in [6, 6.07) is 7.01. The van der Waals surface area contributed by atoms with Gasteiger partial charge in [0.05, 0.1) is 31.7 Å². The van der Waals surface area contributed by atoms with Gasteiger partial charge in [-0.2, -0.15) is 0 Å². The van der Waals surface area contributed by atoms with Gasteiger partial charge in [-0.1, -0.05) is 46.8 Å². The van der Waals surface area contributed by atoms with Crippen molar-refractivity contribution in [1.29, 1.82) is 0 Å². The topological polar surface area (TPSA) is 141 Å². The summed E-state index contributed by atoms with van der Waals surface area (Å²) in [6.07, 6.45) is -1.06. The van der Waals surface area contributed by atoms with E-state index in [2.05, 4.69) is 6.92 Å². The molecule has 0 radical (unpaired) electrons. The number of ether oxygens (including phenoxy) is 5. The van der Waals surface area contributed by atoms with Gasteiger partial charge in [0.25, 0.3) is 0 Å². The van der Waals surface area contributed by atoms with Crippen LogP contribution in [0.4, 0.5) is 0 Å². The number of hydrogen-bond donors (Lipinski definition) is 3. The third-order valence-corrected chi connectivity index (χ3v) is 9.41. The van der Waals surface area contributed by atoms with E-state index in [1.807, 2.05) is 33.8 Å². The molecule has 3 bridgehead atoms. The number of carbonyl (C=O) groups excluding carboxylic acids is 2. The van der Waals surface area contributed by atoms with Crippen LogP contribution < -0.4 is 0 Å². The minimum Gasteiger partial charge on any atom is -0.508 e. The van der Waals surface area contributed by atoms with E-state index in [0.29, 0.717) is 19.3 Å². The highest BCUT2D eigenvalue weighted by molar-refractivity contribution is 5.73. The van der Waals surface area contributed by atoms with Crippen LogP contribution in [-0.4, -0.2) is 70.9 Å². The number of phenolic OH excluding ortho intramolecular Hbond substituents is 1.